The Kier molecular flexibility index (Phi) is 31.2. The molecular formula is C43H83N3O4S. The Balaban J connectivity index is 2.61. The fourth-order valence-electron chi connectivity index (χ4n) is 7.02. The second-order valence-electron chi connectivity index (χ2n) is 16.0. The van der Waals surface area contributed by atoms with Gasteiger partial charge in [-0.1, -0.05) is 150 Å². The molecule has 1 fully saturated rings. The summed E-state index contributed by atoms with van der Waals surface area (Å²) >= 11 is 1.67. The maximum atomic E-state index is 13.8. The predicted molar refractivity (Wildman–Crippen MR) is 219 cm³/mol. The van der Waals surface area contributed by atoms with E-state index in [-0.39, 0.29) is 29.7 Å². The second kappa shape index (κ2) is 33.3. The van der Waals surface area contributed by atoms with Crippen LogP contribution >= 0.6 is 11.8 Å². The molecule has 0 aromatic rings. The number of piperidine rings is 1. The first-order valence-electron chi connectivity index (χ1n) is 21.8. The van der Waals surface area contributed by atoms with E-state index in [1.165, 1.54) is 103 Å². The van der Waals surface area contributed by atoms with E-state index >= 15 is 0 Å². The summed E-state index contributed by atoms with van der Waals surface area (Å²) in [5.41, 5.74) is 0. The quantitative estimate of drug-likeness (QED) is 0.0505. The van der Waals surface area contributed by atoms with Gasteiger partial charge in [0.15, 0.2) is 0 Å². The molecule has 1 aliphatic rings. The van der Waals surface area contributed by atoms with Crippen LogP contribution in [0.1, 0.15) is 195 Å². The molecule has 51 heavy (non-hydrogen) atoms. The number of unbranched alkanes of at least 4 members (excludes halogenated alkanes) is 16. The average molecular weight is 738 g/mol. The molecule has 2 amide bonds. The third-order valence-corrected chi connectivity index (χ3v) is 11.6. The number of thioether (sulfide) groups is 1. The number of nitrogens with one attached hydrogen (secondary N) is 2. The van der Waals surface area contributed by atoms with Crippen molar-refractivity contribution in [2.24, 2.45) is 11.8 Å². The number of ether oxygens (including phenoxy) is 1. The van der Waals surface area contributed by atoms with E-state index in [1.807, 2.05) is 0 Å². The van der Waals surface area contributed by atoms with Gasteiger partial charge in [0.05, 0.1) is 13.0 Å². The monoisotopic (exact) mass is 738 g/mol. The SMILES string of the molecule is CCCCCCCCCCC(CCCCCCCC)C(=O)NC(CCSCCC(=O)OCCCCCCCC(C)C)C(=O)NC1CCN(C)CC1. The molecule has 1 heterocycles. The Bertz CT molecular complexity index is 849. The Morgan fingerprint density at radius 2 is 1.18 bits per heavy atom. The van der Waals surface area contributed by atoms with Crippen molar-refractivity contribution in [2.45, 2.75) is 207 Å². The first-order chi connectivity index (χ1) is 24.8. The van der Waals surface area contributed by atoms with E-state index in [0.29, 0.717) is 25.2 Å². The number of carbonyl (C=O) groups is 3. The van der Waals surface area contributed by atoms with Crippen molar-refractivity contribution in [2.75, 3.05) is 38.2 Å². The summed E-state index contributed by atoms with van der Waals surface area (Å²) in [5.74, 6) is 2.01. The average Bonchev–Trinajstić information content (AvgIpc) is 3.11. The minimum atomic E-state index is -0.539. The molecule has 2 N–H and O–H groups in total. The Hall–Kier alpha value is -1.28. The summed E-state index contributed by atoms with van der Waals surface area (Å²) < 4.78 is 5.48. The van der Waals surface area contributed by atoms with Crippen molar-refractivity contribution in [1.82, 2.24) is 15.5 Å². The number of amides is 2. The fourth-order valence-corrected chi connectivity index (χ4v) is 7.93. The van der Waals surface area contributed by atoms with Gasteiger partial charge < -0.3 is 20.3 Å². The van der Waals surface area contributed by atoms with Crippen LogP contribution in [0, 0.1) is 11.8 Å². The molecule has 300 valence electrons. The van der Waals surface area contributed by atoms with Crippen LogP contribution in [-0.4, -0.2) is 73.0 Å². The molecule has 1 aliphatic heterocycles. The standard InChI is InChI=1S/C43H83N3O4S/c1-6-8-10-12-14-15-19-23-27-38(26-22-18-13-11-9-7-2)42(48)45-40(43(49)44-39-28-32-46(5)33-29-39)30-35-51-36-31-41(47)50-34-24-20-16-17-21-25-37(3)4/h37-40H,6-36H2,1-5H3,(H,44,49)(H,45,48). The molecule has 2 atom stereocenters. The molecule has 0 spiro atoms. The highest BCUT2D eigenvalue weighted by atomic mass is 32.2. The van der Waals surface area contributed by atoms with Crippen molar-refractivity contribution in [3.8, 4) is 0 Å². The van der Waals surface area contributed by atoms with E-state index < -0.39 is 6.04 Å². The van der Waals surface area contributed by atoms with Gasteiger partial charge in [-0.25, -0.2) is 0 Å². The van der Waals surface area contributed by atoms with Gasteiger partial charge in [0, 0.05) is 17.7 Å². The van der Waals surface area contributed by atoms with Crippen LogP contribution in [-0.2, 0) is 19.1 Å². The molecule has 0 radical (unpaired) electrons. The molecule has 0 aliphatic carbocycles. The summed E-state index contributed by atoms with van der Waals surface area (Å²) in [7, 11) is 2.13. The van der Waals surface area contributed by atoms with Crippen molar-refractivity contribution < 1.29 is 19.1 Å². The van der Waals surface area contributed by atoms with Gasteiger partial charge in [-0.2, -0.15) is 11.8 Å². The number of hydrogen-bond donors (Lipinski definition) is 2. The van der Waals surface area contributed by atoms with Gasteiger partial charge in [-0.3, -0.25) is 14.4 Å². The van der Waals surface area contributed by atoms with Gasteiger partial charge in [-0.05, 0) is 70.3 Å². The summed E-state index contributed by atoms with van der Waals surface area (Å²) in [4.78, 5) is 42.1. The molecule has 0 aromatic carbocycles. The lowest BCUT2D eigenvalue weighted by Crippen LogP contribution is -2.53. The zero-order valence-electron chi connectivity index (χ0n) is 34.2. The minimum absolute atomic E-state index is 0.0302. The maximum absolute atomic E-state index is 13.8. The molecule has 7 nitrogen and oxygen atoms in total. The van der Waals surface area contributed by atoms with E-state index in [2.05, 4.69) is 50.3 Å². The summed E-state index contributed by atoms with van der Waals surface area (Å²) in [6, 6.07) is -0.380. The van der Waals surface area contributed by atoms with Crippen LogP contribution in [0.3, 0.4) is 0 Å². The highest BCUT2D eigenvalue weighted by Gasteiger charge is 2.27. The first-order valence-corrected chi connectivity index (χ1v) is 22.9. The number of carbonyl (C=O) groups excluding carboxylic acids is 3. The van der Waals surface area contributed by atoms with Gasteiger partial charge in [-0.15, -0.1) is 0 Å². The molecule has 0 bridgehead atoms. The van der Waals surface area contributed by atoms with Crippen LogP contribution in [0.5, 0.6) is 0 Å². The molecule has 1 saturated heterocycles. The smallest absolute Gasteiger partial charge is 0.306 e. The molecule has 1 rings (SSSR count). The minimum Gasteiger partial charge on any atom is -0.466 e. The van der Waals surface area contributed by atoms with Gasteiger partial charge in [0.2, 0.25) is 11.8 Å². The lowest BCUT2D eigenvalue weighted by molar-refractivity contribution is -0.143. The normalized spacial score (nSPS) is 15.2. The molecule has 0 aromatic heterocycles. The van der Waals surface area contributed by atoms with Crippen LogP contribution in [0.25, 0.3) is 0 Å². The molecular weight excluding hydrogens is 655 g/mol. The van der Waals surface area contributed by atoms with E-state index in [0.717, 1.165) is 76.1 Å². The lowest BCUT2D eigenvalue weighted by Gasteiger charge is -2.31. The Morgan fingerprint density at radius 3 is 1.73 bits per heavy atom. The van der Waals surface area contributed by atoms with E-state index in [4.69, 9.17) is 4.74 Å². The van der Waals surface area contributed by atoms with Crippen molar-refractivity contribution >= 4 is 29.5 Å². The third kappa shape index (κ3) is 27.9. The van der Waals surface area contributed by atoms with Crippen molar-refractivity contribution in [3.05, 3.63) is 0 Å². The molecule has 2 unspecified atom stereocenters. The second-order valence-corrected chi connectivity index (χ2v) is 17.2. The molecule has 0 saturated carbocycles. The van der Waals surface area contributed by atoms with Crippen LogP contribution in [0.15, 0.2) is 0 Å². The maximum Gasteiger partial charge on any atom is 0.306 e. The predicted octanol–water partition coefficient (Wildman–Crippen LogP) is 10.6. The van der Waals surface area contributed by atoms with Gasteiger partial charge in [0.1, 0.15) is 6.04 Å². The van der Waals surface area contributed by atoms with Gasteiger partial charge in [0.25, 0.3) is 0 Å². The Labute approximate surface area is 320 Å². The van der Waals surface area contributed by atoms with Crippen molar-refractivity contribution in [3.63, 3.8) is 0 Å². The largest absolute Gasteiger partial charge is 0.466 e. The number of rotatable bonds is 34. The van der Waals surface area contributed by atoms with Crippen LogP contribution < -0.4 is 10.6 Å². The van der Waals surface area contributed by atoms with E-state index in [1.54, 1.807) is 11.8 Å². The van der Waals surface area contributed by atoms with Crippen LogP contribution in [0.2, 0.25) is 0 Å². The topological polar surface area (TPSA) is 87.7 Å². The summed E-state index contributed by atoms with van der Waals surface area (Å²) in [6.45, 7) is 11.5. The van der Waals surface area contributed by atoms with Crippen LogP contribution in [0.4, 0.5) is 0 Å². The number of esters is 1. The highest BCUT2D eigenvalue weighted by molar-refractivity contribution is 7.99. The van der Waals surface area contributed by atoms with Gasteiger partial charge >= 0.3 is 5.97 Å². The number of hydrogen-bond acceptors (Lipinski definition) is 6. The zero-order chi connectivity index (χ0) is 37.4. The molecule has 8 heteroatoms. The Morgan fingerprint density at radius 1 is 0.667 bits per heavy atom. The van der Waals surface area contributed by atoms with E-state index in [9.17, 15) is 14.4 Å². The highest BCUT2D eigenvalue weighted by Crippen LogP contribution is 2.21. The first kappa shape index (κ1) is 47.7. The van der Waals surface area contributed by atoms with Crippen molar-refractivity contribution in [1.29, 1.82) is 0 Å². The third-order valence-electron chi connectivity index (χ3n) is 10.6. The zero-order valence-corrected chi connectivity index (χ0v) is 35.0. The lowest BCUT2D eigenvalue weighted by atomic mass is 9.92. The number of nitrogens with zero attached hydrogens (tertiary/aromatic N) is 1. The number of likely N-dealkylation sites (tertiary alicyclic amines) is 1. The summed E-state index contributed by atoms with van der Waals surface area (Å²) in [5, 5.41) is 6.52. The summed E-state index contributed by atoms with van der Waals surface area (Å²) in [6.07, 6.45) is 29.1. The fraction of sp³-hybridized carbons (Fsp3) is 0.930.